The second-order valence-electron chi connectivity index (χ2n) is 8.27. The molecular formula is C27H21ClN4O3S2. The van der Waals surface area contributed by atoms with E-state index in [0.29, 0.717) is 19.9 Å². The average molecular weight is 549 g/mol. The van der Waals surface area contributed by atoms with E-state index in [1.807, 2.05) is 48.5 Å². The number of nitrogens with zero attached hydrogens (tertiary/aromatic N) is 3. The van der Waals surface area contributed by atoms with Crippen LogP contribution in [0.3, 0.4) is 0 Å². The largest absolute Gasteiger partial charge is 0.387 e. The predicted octanol–water partition coefficient (Wildman–Crippen LogP) is 4.89. The van der Waals surface area contributed by atoms with E-state index in [-0.39, 0.29) is 35.9 Å². The van der Waals surface area contributed by atoms with Crippen molar-refractivity contribution in [1.82, 2.24) is 14.3 Å². The Morgan fingerprint density at radius 2 is 1.78 bits per heavy atom. The number of pyridine rings is 1. The SMILES string of the molecule is O=C1/C(=C/c2c(NC[C@@H](O)c3ccccc3)nc3ccccn3c2=O)SC(=S)N1Cc1ccccc1Cl. The molecule has 0 bridgehead atoms. The van der Waals surface area contributed by atoms with E-state index >= 15 is 0 Å². The third-order valence-corrected chi connectivity index (χ3v) is 7.60. The zero-order valence-electron chi connectivity index (χ0n) is 19.4. The van der Waals surface area contributed by atoms with Crippen LogP contribution in [0.4, 0.5) is 5.82 Å². The Morgan fingerprint density at radius 1 is 1.05 bits per heavy atom. The highest BCUT2D eigenvalue weighted by Gasteiger charge is 2.33. The van der Waals surface area contributed by atoms with Gasteiger partial charge < -0.3 is 10.4 Å². The lowest BCUT2D eigenvalue weighted by atomic mass is 10.1. The molecule has 7 nitrogen and oxygen atoms in total. The topological polar surface area (TPSA) is 86.9 Å². The molecule has 0 saturated carbocycles. The van der Waals surface area contributed by atoms with Crippen molar-refractivity contribution in [2.24, 2.45) is 0 Å². The molecule has 1 fully saturated rings. The number of rotatable bonds is 7. The summed E-state index contributed by atoms with van der Waals surface area (Å²) in [5.74, 6) is -0.0506. The van der Waals surface area contributed by atoms with Gasteiger partial charge in [0.15, 0.2) is 0 Å². The number of aliphatic hydroxyl groups excluding tert-OH is 1. The molecule has 0 unspecified atom stereocenters. The summed E-state index contributed by atoms with van der Waals surface area (Å²) in [6.07, 6.45) is 2.31. The van der Waals surface area contributed by atoms with E-state index in [4.69, 9.17) is 23.8 Å². The van der Waals surface area contributed by atoms with Crippen LogP contribution in [-0.2, 0) is 11.3 Å². The molecule has 4 aromatic rings. The molecule has 5 rings (SSSR count). The maximum absolute atomic E-state index is 13.4. The molecule has 10 heteroatoms. The third-order valence-electron chi connectivity index (χ3n) is 5.85. The number of benzene rings is 2. The van der Waals surface area contributed by atoms with Crippen molar-refractivity contribution in [2.75, 3.05) is 11.9 Å². The minimum absolute atomic E-state index is 0.119. The van der Waals surface area contributed by atoms with Gasteiger partial charge in [-0.05, 0) is 35.4 Å². The van der Waals surface area contributed by atoms with Crippen molar-refractivity contribution in [3.05, 3.63) is 116 Å². The first kappa shape index (κ1) is 25.2. The Balaban J connectivity index is 1.49. The van der Waals surface area contributed by atoms with Crippen LogP contribution in [0.1, 0.15) is 22.8 Å². The summed E-state index contributed by atoms with van der Waals surface area (Å²) in [5, 5.41) is 14.3. The Morgan fingerprint density at radius 3 is 2.57 bits per heavy atom. The van der Waals surface area contributed by atoms with Crippen LogP contribution in [-0.4, -0.2) is 36.2 Å². The maximum Gasteiger partial charge on any atom is 0.267 e. The van der Waals surface area contributed by atoms with Gasteiger partial charge in [0, 0.05) is 17.8 Å². The van der Waals surface area contributed by atoms with E-state index in [2.05, 4.69) is 10.3 Å². The fraction of sp³-hybridized carbons (Fsp3) is 0.111. The number of hydrogen-bond acceptors (Lipinski definition) is 7. The van der Waals surface area contributed by atoms with Crippen molar-refractivity contribution in [2.45, 2.75) is 12.6 Å². The summed E-state index contributed by atoms with van der Waals surface area (Å²) < 4.78 is 1.79. The Labute approximate surface area is 227 Å². The number of anilines is 1. The molecule has 2 N–H and O–H groups in total. The van der Waals surface area contributed by atoms with Gasteiger partial charge >= 0.3 is 0 Å². The first-order valence-corrected chi connectivity index (χ1v) is 13.0. The van der Waals surface area contributed by atoms with Crippen molar-refractivity contribution < 1.29 is 9.90 Å². The first-order chi connectivity index (χ1) is 17.9. The zero-order valence-corrected chi connectivity index (χ0v) is 21.8. The summed E-state index contributed by atoms with van der Waals surface area (Å²) in [6.45, 7) is 0.346. The van der Waals surface area contributed by atoms with Gasteiger partial charge in [0.1, 0.15) is 15.8 Å². The molecule has 0 aliphatic carbocycles. The lowest BCUT2D eigenvalue weighted by Crippen LogP contribution is -2.27. The van der Waals surface area contributed by atoms with Crippen molar-refractivity contribution in [1.29, 1.82) is 0 Å². The molecule has 186 valence electrons. The van der Waals surface area contributed by atoms with Crippen LogP contribution >= 0.6 is 35.6 Å². The molecule has 0 radical (unpaired) electrons. The summed E-state index contributed by atoms with van der Waals surface area (Å²) in [5.41, 5.74) is 1.79. The third kappa shape index (κ3) is 5.30. The van der Waals surface area contributed by atoms with Gasteiger partial charge in [0.05, 0.1) is 23.1 Å². The Kier molecular flexibility index (Phi) is 7.38. The molecular weight excluding hydrogens is 528 g/mol. The van der Waals surface area contributed by atoms with E-state index in [9.17, 15) is 14.7 Å². The second-order valence-corrected chi connectivity index (χ2v) is 10.4. The number of carbonyl (C=O) groups is 1. The fourth-order valence-corrected chi connectivity index (χ4v) is 5.35. The van der Waals surface area contributed by atoms with E-state index in [0.717, 1.165) is 22.9 Å². The quantitative estimate of drug-likeness (QED) is 0.251. The van der Waals surface area contributed by atoms with Gasteiger partial charge in [-0.15, -0.1) is 0 Å². The van der Waals surface area contributed by atoms with E-state index < -0.39 is 6.10 Å². The van der Waals surface area contributed by atoms with Gasteiger partial charge in [-0.3, -0.25) is 18.9 Å². The summed E-state index contributed by atoms with van der Waals surface area (Å²) in [6, 6.07) is 21.7. The number of aromatic nitrogens is 2. The second kappa shape index (κ2) is 10.9. The number of thioether (sulfide) groups is 1. The molecule has 1 aliphatic rings. The molecule has 1 amide bonds. The number of halogens is 1. The number of hydrogen-bond donors (Lipinski definition) is 2. The van der Waals surface area contributed by atoms with Crippen LogP contribution in [0, 0.1) is 0 Å². The normalized spacial score (nSPS) is 15.5. The molecule has 2 aromatic carbocycles. The Hall–Kier alpha value is -3.50. The number of thiocarbonyl (C=S) groups is 1. The average Bonchev–Trinajstić information content (AvgIpc) is 3.18. The molecule has 1 saturated heterocycles. The highest BCUT2D eigenvalue weighted by Crippen LogP contribution is 2.35. The molecule has 1 atom stereocenters. The Bertz CT molecular complexity index is 1590. The van der Waals surface area contributed by atoms with Gasteiger partial charge in [0.25, 0.3) is 11.5 Å². The van der Waals surface area contributed by atoms with Crippen LogP contribution in [0.15, 0.2) is 88.7 Å². The van der Waals surface area contributed by atoms with Crippen LogP contribution in [0.25, 0.3) is 11.7 Å². The van der Waals surface area contributed by atoms with E-state index in [1.54, 1.807) is 30.5 Å². The van der Waals surface area contributed by atoms with Crippen molar-refractivity contribution in [3.8, 4) is 0 Å². The number of aliphatic hydroxyl groups is 1. The number of nitrogens with one attached hydrogen (secondary N) is 1. The van der Waals surface area contributed by atoms with Crippen LogP contribution in [0.2, 0.25) is 5.02 Å². The van der Waals surface area contributed by atoms with Crippen molar-refractivity contribution in [3.63, 3.8) is 0 Å². The van der Waals surface area contributed by atoms with Crippen LogP contribution in [0.5, 0.6) is 0 Å². The molecule has 1 aliphatic heterocycles. The van der Waals surface area contributed by atoms with Gasteiger partial charge in [-0.2, -0.15) is 0 Å². The first-order valence-electron chi connectivity index (χ1n) is 11.4. The maximum atomic E-state index is 13.4. The highest BCUT2D eigenvalue weighted by atomic mass is 35.5. The number of carbonyl (C=O) groups excluding carboxylic acids is 1. The van der Waals surface area contributed by atoms with Crippen LogP contribution < -0.4 is 10.9 Å². The molecule has 0 spiro atoms. The molecule has 3 heterocycles. The summed E-state index contributed by atoms with van der Waals surface area (Å²) in [7, 11) is 0. The lowest BCUT2D eigenvalue weighted by Gasteiger charge is -2.16. The minimum atomic E-state index is -0.820. The van der Waals surface area contributed by atoms with E-state index in [1.165, 1.54) is 15.4 Å². The molecule has 37 heavy (non-hydrogen) atoms. The number of amides is 1. The zero-order chi connectivity index (χ0) is 25.9. The van der Waals surface area contributed by atoms with Gasteiger partial charge in [-0.1, -0.05) is 90.2 Å². The van der Waals surface area contributed by atoms with Crippen molar-refractivity contribution >= 4 is 63.3 Å². The number of fused-ring (bicyclic) bond motifs is 1. The highest BCUT2D eigenvalue weighted by molar-refractivity contribution is 8.26. The lowest BCUT2D eigenvalue weighted by molar-refractivity contribution is -0.122. The van der Waals surface area contributed by atoms with Gasteiger partial charge in [0.2, 0.25) is 0 Å². The molecule has 2 aromatic heterocycles. The summed E-state index contributed by atoms with van der Waals surface area (Å²) in [4.78, 5) is 33.1. The van der Waals surface area contributed by atoms with Gasteiger partial charge in [-0.25, -0.2) is 4.98 Å². The smallest absolute Gasteiger partial charge is 0.267 e. The minimum Gasteiger partial charge on any atom is -0.387 e. The standard InChI is InChI=1S/C27H21ClN4O3S2/c28-20-11-5-4-10-18(20)16-32-26(35)22(37-27(32)36)14-19-24(29-15-21(33)17-8-2-1-3-9-17)30-23-12-6-7-13-31(23)25(19)34/h1-14,21,29,33H,15-16H2/b22-14-/t21-/m1/s1. The summed E-state index contributed by atoms with van der Waals surface area (Å²) >= 11 is 12.9. The fourth-order valence-electron chi connectivity index (χ4n) is 3.92. The predicted molar refractivity (Wildman–Crippen MR) is 152 cm³/mol. The monoisotopic (exact) mass is 548 g/mol.